The lowest BCUT2D eigenvalue weighted by atomic mass is 10.2. The number of carbonyl (C=O) groups excluding carboxylic acids is 1. The van der Waals surface area contributed by atoms with E-state index in [1.807, 2.05) is 6.92 Å². The molecule has 0 bridgehead atoms. The minimum atomic E-state index is -0.329. The second kappa shape index (κ2) is 7.00. The van der Waals surface area contributed by atoms with Gasteiger partial charge in [-0.15, -0.1) is 5.10 Å². The summed E-state index contributed by atoms with van der Waals surface area (Å²) in [4.78, 5) is 13.9. The number of benzene rings is 1. The summed E-state index contributed by atoms with van der Waals surface area (Å²) >= 11 is 0. The lowest BCUT2D eigenvalue weighted by molar-refractivity contribution is 0.0894. The summed E-state index contributed by atoms with van der Waals surface area (Å²) in [6, 6.07) is 7.68. The van der Waals surface area contributed by atoms with Crippen LogP contribution in [0.15, 0.2) is 30.3 Å². The van der Waals surface area contributed by atoms with Gasteiger partial charge in [0.15, 0.2) is 5.82 Å². The molecule has 0 unspecified atom stereocenters. The molecular weight excluding hydrogens is 311 g/mol. The Kier molecular flexibility index (Phi) is 4.80. The summed E-state index contributed by atoms with van der Waals surface area (Å²) in [5.74, 6) is 0.102. The number of carbonyl (C=O) groups is 1. The molecule has 0 radical (unpaired) electrons. The van der Waals surface area contributed by atoms with Crippen LogP contribution in [0, 0.1) is 12.7 Å². The highest BCUT2D eigenvalue weighted by Crippen LogP contribution is 2.17. The Hall–Kier alpha value is -2.41. The maximum atomic E-state index is 13.4. The van der Waals surface area contributed by atoms with Crippen molar-refractivity contribution in [2.24, 2.45) is 0 Å². The highest BCUT2D eigenvalue weighted by atomic mass is 19.1. The van der Waals surface area contributed by atoms with Crippen LogP contribution < -0.4 is 5.32 Å². The van der Waals surface area contributed by atoms with E-state index in [4.69, 9.17) is 4.74 Å². The summed E-state index contributed by atoms with van der Waals surface area (Å²) < 4.78 is 20.5. The fourth-order valence-corrected chi connectivity index (χ4v) is 2.79. The lowest BCUT2D eigenvalue weighted by Gasteiger charge is -2.20. The number of urea groups is 1. The van der Waals surface area contributed by atoms with Gasteiger partial charge in [0.25, 0.3) is 0 Å². The van der Waals surface area contributed by atoms with Crippen LogP contribution >= 0.6 is 0 Å². The van der Waals surface area contributed by atoms with E-state index in [1.54, 1.807) is 34.8 Å². The van der Waals surface area contributed by atoms with Gasteiger partial charge in [0.05, 0.1) is 11.8 Å². The fraction of sp³-hybridized carbons (Fsp3) is 0.412. The number of ether oxygens (including phenoxy) is 1. The maximum Gasteiger partial charge on any atom is 0.322 e. The standard InChI is InChI=1S/C17H21FN4O2/c1-12-9-16(20-22(12)14-6-3-5-13(18)10-14)19-17(23)21(2)11-15-7-4-8-24-15/h3,5-6,9-10,15H,4,7-8,11H2,1-2H3,(H,19,20,23)/t15-/m1/s1. The number of nitrogens with one attached hydrogen (secondary N) is 1. The lowest BCUT2D eigenvalue weighted by Crippen LogP contribution is -2.37. The second-order valence-corrected chi connectivity index (χ2v) is 6.01. The molecule has 0 spiro atoms. The first-order chi connectivity index (χ1) is 11.5. The Morgan fingerprint density at radius 3 is 3.04 bits per heavy atom. The topological polar surface area (TPSA) is 59.4 Å². The smallest absolute Gasteiger partial charge is 0.322 e. The van der Waals surface area contributed by atoms with Crippen LogP contribution in [0.2, 0.25) is 0 Å². The third kappa shape index (κ3) is 3.73. The minimum absolute atomic E-state index is 0.104. The van der Waals surface area contributed by atoms with Crippen molar-refractivity contribution in [2.75, 3.05) is 25.5 Å². The minimum Gasteiger partial charge on any atom is -0.376 e. The number of hydrogen-bond acceptors (Lipinski definition) is 3. The van der Waals surface area contributed by atoms with E-state index in [9.17, 15) is 9.18 Å². The molecule has 1 aromatic heterocycles. The van der Waals surface area contributed by atoms with Gasteiger partial charge in [-0.2, -0.15) is 0 Å². The van der Waals surface area contributed by atoms with Gasteiger partial charge in [-0.3, -0.25) is 5.32 Å². The summed E-state index contributed by atoms with van der Waals surface area (Å²) in [7, 11) is 1.73. The van der Waals surface area contributed by atoms with Gasteiger partial charge < -0.3 is 9.64 Å². The maximum absolute atomic E-state index is 13.4. The molecule has 1 N–H and O–H groups in total. The zero-order valence-electron chi connectivity index (χ0n) is 13.8. The van der Waals surface area contributed by atoms with E-state index >= 15 is 0 Å². The van der Waals surface area contributed by atoms with Crippen LogP contribution in [0.4, 0.5) is 15.0 Å². The molecule has 128 valence electrons. The Bertz CT molecular complexity index is 725. The zero-order valence-corrected chi connectivity index (χ0v) is 13.8. The number of anilines is 1. The van der Waals surface area contributed by atoms with Crippen molar-refractivity contribution in [1.29, 1.82) is 0 Å². The molecule has 1 aliphatic heterocycles. The summed E-state index contributed by atoms with van der Waals surface area (Å²) in [6.07, 6.45) is 2.12. The van der Waals surface area contributed by atoms with E-state index in [1.165, 1.54) is 12.1 Å². The molecule has 2 amide bonds. The number of aromatic nitrogens is 2. The van der Waals surface area contributed by atoms with Gasteiger partial charge >= 0.3 is 6.03 Å². The van der Waals surface area contributed by atoms with Gasteiger partial charge in [0, 0.05) is 32.0 Å². The molecule has 1 aliphatic rings. The zero-order chi connectivity index (χ0) is 17.1. The highest BCUT2D eigenvalue weighted by molar-refractivity contribution is 5.88. The predicted molar refractivity (Wildman–Crippen MR) is 88.9 cm³/mol. The van der Waals surface area contributed by atoms with E-state index in [0.717, 1.165) is 25.1 Å². The van der Waals surface area contributed by atoms with Gasteiger partial charge in [-0.25, -0.2) is 13.9 Å². The third-order valence-corrected chi connectivity index (χ3v) is 4.02. The number of likely N-dealkylation sites (N-methyl/N-ethyl adjacent to an activating group) is 1. The van der Waals surface area contributed by atoms with Gasteiger partial charge in [0.1, 0.15) is 5.82 Å². The Morgan fingerprint density at radius 1 is 1.50 bits per heavy atom. The number of amides is 2. The van der Waals surface area contributed by atoms with Gasteiger partial charge in [0.2, 0.25) is 0 Å². The Balaban J connectivity index is 1.67. The number of nitrogens with zero attached hydrogens (tertiary/aromatic N) is 3. The molecule has 1 saturated heterocycles. The average molecular weight is 332 g/mol. The Labute approximate surface area is 140 Å². The van der Waals surface area contributed by atoms with Crippen LogP contribution in [0.1, 0.15) is 18.5 Å². The number of halogens is 1. The summed E-state index contributed by atoms with van der Waals surface area (Å²) in [6.45, 7) is 3.16. The molecule has 3 rings (SSSR count). The number of hydrogen-bond donors (Lipinski definition) is 1. The molecule has 0 aliphatic carbocycles. The molecule has 1 fully saturated rings. The van der Waals surface area contributed by atoms with Crippen LogP contribution in [-0.4, -0.2) is 47.0 Å². The molecule has 0 saturated carbocycles. The van der Waals surface area contributed by atoms with Gasteiger partial charge in [-0.05, 0) is 38.0 Å². The number of rotatable bonds is 4. The number of aryl methyl sites for hydroxylation is 1. The molecule has 7 heteroatoms. The van der Waals surface area contributed by atoms with E-state index in [2.05, 4.69) is 10.4 Å². The first kappa shape index (κ1) is 16.4. The average Bonchev–Trinajstić information content (AvgIpc) is 3.17. The second-order valence-electron chi connectivity index (χ2n) is 6.01. The predicted octanol–water partition coefficient (Wildman–Crippen LogP) is 2.96. The first-order valence-electron chi connectivity index (χ1n) is 7.99. The first-order valence-corrected chi connectivity index (χ1v) is 7.99. The van der Waals surface area contributed by atoms with E-state index in [0.29, 0.717) is 18.1 Å². The van der Waals surface area contributed by atoms with Crippen molar-refractivity contribution in [1.82, 2.24) is 14.7 Å². The molecule has 2 heterocycles. The van der Waals surface area contributed by atoms with Gasteiger partial charge in [-0.1, -0.05) is 6.07 Å². The largest absolute Gasteiger partial charge is 0.376 e. The fourth-order valence-electron chi connectivity index (χ4n) is 2.79. The highest BCUT2D eigenvalue weighted by Gasteiger charge is 2.20. The van der Waals surface area contributed by atoms with Crippen molar-refractivity contribution in [2.45, 2.75) is 25.9 Å². The van der Waals surface area contributed by atoms with E-state index < -0.39 is 0 Å². The third-order valence-electron chi connectivity index (χ3n) is 4.02. The van der Waals surface area contributed by atoms with Crippen LogP contribution in [0.3, 0.4) is 0 Å². The quantitative estimate of drug-likeness (QED) is 0.936. The monoisotopic (exact) mass is 332 g/mol. The van der Waals surface area contributed by atoms with Crippen molar-refractivity contribution in [3.63, 3.8) is 0 Å². The molecule has 2 aromatic rings. The summed E-state index contributed by atoms with van der Waals surface area (Å²) in [5.41, 5.74) is 1.42. The van der Waals surface area contributed by atoms with Crippen molar-refractivity contribution in [3.8, 4) is 5.69 Å². The van der Waals surface area contributed by atoms with Crippen LogP contribution in [0.5, 0.6) is 0 Å². The molecular formula is C17H21FN4O2. The van der Waals surface area contributed by atoms with Crippen LogP contribution in [0.25, 0.3) is 5.69 Å². The molecule has 1 aromatic carbocycles. The molecule has 1 atom stereocenters. The van der Waals surface area contributed by atoms with Crippen molar-refractivity contribution < 1.29 is 13.9 Å². The molecule has 6 nitrogen and oxygen atoms in total. The Morgan fingerprint density at radius 2 is 2.33 bits per heavy atom. The van der Waals surface area contributed by atoms with Crippen LogP contribution in [-0.2, 0) is 4.74 Å². The molecule has 24 heavy (non-hydrogen) atoms. The van der Waals surface area contributed by atoms with Crippen molar-refractivity contribution >= 4 is 11.8 Å². The van der Waals surface area contributed by atoms with Crippen molar-refractivity contribution in [3.05, 3.63) is 41.8 Å². The van der Waals surface area contributed by atoms with E-state index in [-0.39, 0.29) is 18.0 Å². The summed E-state index contributed by atoms with van der Waals surface area (Å²) in [5, 5.41) is 7.10. The SMILES string of the molecule is Cc1cc(NC(=O)N(C)C[C@H]2CCCO2)nn1-c1cccc(F)c1. The normalized spacial score (nSPS) is 17.0.